The quantitative estimate of drug-likeness (QED) is 0.154. The first-order valence-electron chi connectivity index (χ1n) is 12.6. The maximum atomic E-state index is 13.2. The van der Waals surface area contributed by atoms with Crippen molar-refractivity contribution < 1.29 is 13.5 Å². The number of aryl methyl sites for hydroxylation is 1. The summed E-state index contributed by atoms with van der Waals surface area (Å²) in [7, 11) is 0.0130. The predicted molar refractivity (Wildman–Crippen MR) is 161 cm³/mol. The van der Waals surface area contributed by atoms with E-state index in [1.54, 1.807) is 24.3 Å². The Hall–Kier alpha value is -3.30. The van der Waals surface area contributed by atoms with Gasteiger partial charge in [-0.05, 0) is 6.07 Å². The van der Waals surface area contributed by atoms with E-state index in [4.69, 9.17) is 0 Å². The number of phenols is 1. The van der Waals surface area contributed by atoms with Crippen molar-refractivity contribution in [2.45, 2.75) is 35.0 Å². The molecule has 198 valence electrons. The molecule has 0 aliphatic rings. The Morgan fingerprint density at radius 2 is 1.53 bits per heavy atom. The van der Waals surface area contributed by atoms with Crippen molar-refractivity contribution in [3.8, 4) is 5.75 Å². The summed E-state index contributed by atoms with van der Waals surface area (Å²) in [6.45, 7) is 1.81. The summed E-state index contributed by atoms with van der Waals surface area (Å²) in [4.78, 5) is 4.61. The summed E-state index contributed by atoms with van der Waals surface area (Å²) >= 11 is -2.25. The molecule has 8 heteroatoms. The van der Waals surface area contributed by atoms with E-state index in [0.717, 1.165) is 28.3 Å². The van der Waals surface area contributed by atoms with Gasteiger partial charge in [0.1, 0.15) is 0 Å². The summed E-state index contributed by atoms with van der Waals surface area (Å²) in [6, 6.07) is 26.8. The fourth-order valence-corrected chi connectivity index (χ4v) is 10.4. The van der Waals surface area contributed by atoms with Crippen molar-refractivity contribution >= 4 is 49.9 Å². The van der Waals surface area contributed by atoms with Crippen molar-refractivity contribution in [1.29, 1.82) is 0 Å². The second-order valence-electron chi connectivity index (χ2n) is 10.4. The molecule has 4 aromatic carbocycles. The van der Waals surface area contributed by atoms with Crippen LogP contribution in [0.4, 0.5) is 5.69 Å². The molecule has 0 saturated heterocycles. The molecule has 6 nitrogen and oxygen atoms in total. The number of sulfonamides is 1. The first kappa shape index (κ1) is 27.7. The maximum absolute atomic E-state index is 13.2. The van der Waals surface area contributed by atoms with Crippen LogP contribution in [0.15, 0.2) is 94.9 Å². The molecule has 0 aromatic heterocycles. The van der Waals surface area contributed by atoms with Crippen LogP contribution in [-0.2, 0) is 16.4 Å². The van der Waals surface area contributed by atoms with E-state index < -0.39 is 23.3 Å². The molecule has 0 radical (unpaired) electrons. The van der Waals surface area contributed by atoms with Crippen molar-refractivity contribution in [2.75, 3.05) is 19.0 Å². The van der Waals surface area contributed by atoms with Gasteiger partial charge in [-0.1, -0.05) is 0 Å². The summed E-state index contributed by atoms with van der Waals surface area (Å²) in [5, 5.41) is 16.4. The number of anilines is 1. The third-order valence-corrected chi connectivity index (χ3v) is 15.4. The Morgan fingerprint density at radius 3 is 2.18 bits per heavy atom. The Balaban J connectivity index is 1.49. The molecule has 2 N–H and O–H groups in total. The zero-order chi connectivity index (χ0) is 27.5. The number of rotatable bonds is 9. The van der Waals surface area contributed by atoms with Crippen LogP contribution in [0.3, 0.4) is 0 Å². The van der Waals surface area contributed by atoms with Crippen molar-refractivity contribution in [3.05, 3.63) is 96.1 Å². The molecule has 4 aromatic rings. The molecule has 38 heavy (non-hydrogen) atoms. The number of nitrogens with zero attached hydrogens (tertiary/aromatic N) is 2. The molecular formula is C30H35GeN3O3S. The standard InChI is InChI=1S/C30H35GeN3O3S/c1-22(24-14-16-25(17-15-24)31(2,3)21-20-23-12-18-26(35)19-13-23)32-33-38(36,37)30-11-7-8-27-28(30)9-6-10-29(27)34(4)5/h6-19,33,35H,20-21H2,1-5H3/b32-22+. The molecular weight excluding hydrogens is 555 g/mol. The van der Waals surface area contributed by atoms with Crippen LogP contribution in [-0.4, -0.2) is 46.6 Å². The van der Waals surface area contributed by atoms with Crippen LogP contribution in [0.5, 0.6) is 5.75 Å². The van der Waals surface area contributed by atoms with Crippen LogP contribution in [0.25, 0.3) is 10.8 Å². The van der Waals surface area contributed by atoms with Crippen molar-refractivity contribution in [2.24, 2.45) is 5.10 Å². The number of hydrazone groups is 1. The first-order chi connectivity index (χ1) is 18.0. The van der Waals surface area contributed by atoms with E-state index in [1.807, 2.05) is 74.4 Å². The molecule has 0 aliphatic heterocycles. The number of phenolic OH excluding ortho intramolecular Hbond substituents is 1. The van der Waals surface area contributed by atoms with Gasteiger partial charge >= 0.3 is 204 Å². The zero-order valence-electron chi connectivity index (χ0n) is 22.6. The second kappa shape index (κ2) is 11.2. The van der Waals surface area contributed by atoms with Gasteiger partial charge in [-0.2, -0.15) is 0 Å². The van der Waals surface area contributed by atoms with Crippen molar-refractivity contribution in [3.63, 3.8) is 0 Å². The number of aromatic hydroxyl groups is 1. The average Bonchev–Trinajstić information content (AvgIpc) is 2.90. The first-order valence-corrected chi connectivity index (χ1v) is 20.8. The van der Waals surface area contributed by atoms with Gasteiger partial charge in [0, 0.05) is 14.1 Å². The minimum atomic E-state index is -3.86. The number of hydrogen-bond acceptors (Lipinski definition) is 5. The van der Waals surface area contributed by atoms with Gasteiger partial charge in [-0.25, -0.2) is 0 Å². The number of nitrogens with one attached hydrogen (secondary N) is 1. The van der Waals surface area contributed by atoms with E-state index in [0.29, 0.717) is 16.8 Å². The van der Waals surface area contributed by atoms with Gasteiger partial charge in [0.25, 0.3) is 0 Å². The molecule has 0 unspecified atom stereocenters. The topological polar surface area (TPSA) is 82.0 Å². The van der Waals surface area contributed by atoms with Crippen LogP contribution in [0.2, 0.25) is 16.8 Å². The molecule has 0 heterocycles. The third kappa shape index (κ3) is 6.22. The van der Waals surface area contributed by atoms with Crippen LogP contribution >= 0.6 is 0 Å². The molecule has 0 saturated carbocycles. The zero-order valence-corrected chi connectivity index (χ0v) is 25.5. The molecule has 4 rings (SSSR count). The molecule has 0 amide bonds. The van der Waals surface area contributed by atoms with Gasteiger partial charge < -0.3 is 4.90 Å². The van der Waals surface area contributed by atoms with E-state index in [2.05, 4.69) is 33.6 Å². The van der Waals surface area contributed by atoms with Crippen molar-refractivity contribution in [1.82, 2.24) is 4.83 Å². The summed E-state index contributed by atoms with van der Waals surface area (Å²) < 4.78 is 27.8. The summed E-state index contributed by atoms with van der Waals surface area (Å²) in [5.74, 6) is 5.09. The Morgan fingerprint density at radius 1 is 0.895 bits per heavy atom. The Kier molecular flexibility index (Phi) is 8.18. The summed E-state index contributed by atoms with van der Waals surface area (Å²) in [5.41, 5.74) is 3.66. The van der Waals surface area contributed by atoms with Gasteiger partial charge in [0.15, 0.2) is 0 Å². The predicted octanol–water partition coefficient (Wildman–Crippen LogP) is 5.47. The van der Waals surface area contributed by atoms with E-state index >= 15 is 0 Å². The van der Waals surface area contributed by atoms with E-state index in [1.165, 1.54) is 9.96 Å². The van der Waals surface area contributed by atoms with Crippen LogP contribution < -0.4 is 14.1 Å². The second-order valence-corrected chi connectivity index (χ2v) is 22.2. The molecule has 0 bridgehead atoms. The van der Waals surface area contributed by atoms with Gasteiger partial charge in [-0.3, -0.25) is 0 Å². The monoisotopic (exact) mass is 591 g/mol. The fourth-order valence-electron chi connectivity index (χ4n) is 4.56. The van der Waals surface area contributed by atoms with Crippen LogP contribution in [0, 0.1) is 0 Å². The molecule has 0 fully saturated rings. The van der Waals surface area contributed by atoms with Gasteiger partial charge in [0.2, 0.25) is 0 Å². The average molecular weight is 590 g/mol. The minimum absolute atomic E-state index is 0.203. The fraction of sp³-hybridized carbons (Fsp3) is 0.233. The third-order valence-electron chi connectivity index (χ3n) is 7.02. The van der Waals surface area contributed by atoms with Crippen LogP contribution in [0.1, 0.15) is 18.1 Å². The SMILES string of the molecule is C/C(=N\NS(=O)(=O)c1cccc2c(N(C)C)cccc12)c1cc[c]([Ge]([CH3])([CH3])[CH2]Cc2ccc(O)cc2)cc1. The van der Waals surface area contributed by atoms with E-state index in [-0.39, 0.29) is 4.90 Å². The molecule has 0 atom stereocenters. The number of fused-ring (bicyclic) bond motifs is 1. The number of benzene rings is 4. The van der Waals surface area contributed by atoms with Gasteiger partial charge in [0.05, 0.1) is 0 Å². The van der Waals surface area contributed by atoms with Gasteiger partial charge in [-0.15, -0.1) is 0 Å². The Labute approximate surface area is 228 Å². The number of hydrogen-bond donors (Lipinski definition) is 2. The van der Waals surface area contributed by atoms with E-state index in [9.17, 15) is 13.5 Å². The normalized spacial score (nSPS) is 12.5. The molecule has 0 spiro atoms. The summed E-state index contributed by atoms with van der Waals surface area (Å²) in [6.07, 6.45) is 0.988. The Bertz CT molecular complexity index is 1560. The molecule has 0 aliphatic carbocycles.